The van der Waals surface area contributed by atoms with Crippen LogP contribution in [0.2, 0.25) is 0 Å². The molecule has 1 unspecified atom stereocenters. The Labute approximate surface area is 158 Å². The molecule has 184 valence electrons. The topological polar surface area (TPSA) is 26.3 Å². The number of esters is 1. The molecule has 0 bridgehead atoms. The maximum Gasteiger partial charge on any atom is 0.460 e. The van der Waals surface area contributed by atoms with Crippen LogP contribution in [0.15, 0.2) is 12.2 Å². The molecule has 0 saturated heterocycles. The van der Waals surface area contributed by atoms with Crippen LogP contribution in [0.1, 0.15) is 6.92 Å². The van der Waals surface area contributed by atoms with Crippen LogP contribution in [0.25, 0.3) is 0 Å². The van der Waals surface area contributed by atoms with Crippen molar-refractivity contribution < 1.29 is 84.2 Å². The molecule has 0 aliphatic rings. The quantitative estimate of drug-likeness (QED) is 0.239. The van der Waals surface area contributed by atoms with Gasteiger partial charge in [-0.2, -0.15) is 74.6 Å². The third kappa shape index (κ3) is 3.87. The Morgan fingerprint density at radius 1 is 0.548 bits per heavy atom. The predicted octanol–water partition coefficient (Wildman–Crippen LogP) is 6.07. The molecule has 0 aliphatic heterocycles. The molecule has 0 amide bonds. The Morgan fingerprint density at radius 2 is 0.806 bits per heavy atom. The van der Waals surface area contributed by atoms with Gasteiger partial charge >= 0.3 is 53.8 Å². The van der Waals surface area contributed by atoms with E-state index in [9.17, 15) is 79.4 Å². The summed E-state index contributed by atoms with van der Waals surface area (Å²) in [4.78, 5) is 11.0. The summed E-state index contributed by atoms with van der Waals surface area (Å²) in [6.45, 7) is 2.46. The molecule has 2 nitrogen and oxygen atoms in total. The van der Waals surface area contributed by atoms with Gasteiger partial charge in [0, 0.05) is 5.57 Å². The second kappa shape index (κ2) is 7.28. The second-order valence-corrected chi connectivity index (χ2v) is 5.63. The van der Waals surface area contributed by atoms with Crippen molar-refractivity contribution in [2.24, 2.45) is 0 Å². The van der Waals surface area contributed by atoms with Crippen molar-refractivity contribution in [3.8, 4) is 0 Å². The first kappa shape index (κ1) is 29.0. The van der Waals surface area contributed by atoms with Crippen LogP contribution in [-0.2, 0) is 9.53 Å². The summed E-state index contributed by atoms with van der Waals surface area (Å²) in [6.07, 6.45) is -15.6. The van der Waals surface area contributed by atoms with Crippen molar-refractivity contribution in [3.05, 3.63) is 12.2 Å². The third-order valence-corrected chi connectivity index (χ3v) is 3.28. The molecule has 0 N–H and O–H groups in total. The number of hydrogen-bond acceptors (Lipinski definition) is 2. The zero-order chi connectivity index (χ0) is 25.9. The van der Waals surface area contributed by atoms with Gasteiger partial charge < -0.3 is 4.74 Å². The fourth-order valence-electron chi connectivity index (χ4n) is 1.50. The summed E-state index contributed by atoms with van der Waals surface area (Å²) in [5.41, 5.74) is -1.64. The minimum absolute atomic E-state index is 0.156. The van der Waals surface area contributed by atoms with Crippen LogP contribution in [-0.4, -0.2) is 53.8 Å². The second-order valence-electron chi connectivity index (χ2n) is 5.63. The summed E-state index contributed by atoms with van der Waals surface area (Å²) in [5.74, 6) is -53.2. The van der Waals surface area contributed by atoms with Gasteiger partial charge in [-0.05, 0) is 6.92 Å². The monoisotopic (exact) mass is 504 g/mol. The van der Waals surface area contributed by atoms with E-state index < -0.39 is 59.4 Å². The first-order valence-electron chi connectivity index (χ1n) is 6.68. The smallest absolute Gasteiger partial charge is 0.413 e. The molecule has 19 heteroatoms. The lowest BCUT2D eigenvalue weighted by molar-refractivity contribution is -0.481. The lowest BCUT2D eigenvalue weighted by Crippen LogP contribution is -2.76. The Balaban J connectivity index is 7.31. The van der Waals surface area contributed by atoms with Gasteiger partial charge in [0.05, 0.1) is 0 Å². The predicted molar refractivity (Wildman–Crippen MR) is 61.6 cm³/mol. The molecule has 0 rings (SSSR count). The van der Waals surface area contributed by atoms with E-state index in [1.165, 1.54) is 0 Å². The van der Waals surface area contributed by atoms with Crippen LogP contribution in [0.5, 0.6) is 0 Å². The molecule has 31 heavy (non-hydrogen) atoms. The van der Waals surface area contributed by atoms with Crippen molar-refractivity contribution in [2.45, 2.75) is 54.7 Å². The van der Waals surface area contributed by atoms with E-state index in [0.29, 0.717) is 0 Å². The summed E-state index contributed by atoms with van der Waals surface area (Å²) in [6, 6.07) is 0. The van der Waals surface area contributed by atoms with E-state index in [-0.39, 0.29) is 6.92 Å². The average Bonchev–Trinajstić information content (AvgIpc) is 2.51. The Kier molecular flexibility index (Phi) is 6.81. The van der Waals surface area contributed by atoms with Crippen molar-refractivity contribution in [2.75, 3.05) is 0 Å². The zero-order valence-corrected chi connectivity index (χ0v) is 13.9. The number of halogens is 17. The largest absolute Gasteiger partial charge is 0.460 e. The number of ether oxygens (including phenoxy) is 1. The molecule has 0 fully saturated rings. The van der Waals surface area contributed by atoms with E-state index in [0.717, 1.165) is 0 Å². The van der Waals surface area contributed by atoms with E-state index in [1.54, 1.807) is 0 Å². The Hall–Kier alpha value is -1.98. The standard InChI is InChI=1S/C12H5F17O2/c1-3(2)4(30)31-10(23,7(17,18)9(21,22)12(27,28)29)6(15,16)5(13,14)8(19,20)11(24,25)26/h1H2,2H3. The summed E-state index contributed by atoms with van der Waals surface area (Å²) >= 11 is 0. The number of carbonyl (C=O) groups is 1. The maximum absolute atomic E-state index is 14.3. The van der Waals surface area contributed by atoms with Crippen LogP contribution in [0.3, 0.4) is 0 Å². The summed E-state index contributed by atoms with van der Waals surface area (Å²) in [7, 11) is 0. The molecule has 0 aromatic rings. The number of alkyl halides is 17. The highest BCUT2D eigenvalue weighted by Crippen LogP contribution is 2.64. The Morgan fingerprint density at radius 3 is 1.06 bits per heavy atom. The number of hydrogen-bond donors (Lipinski definition) is 0. The molecule has 0 heterocycles. The molecule has 0 spiro atoms. The molecular formula is C12H5F17O2. The normalized spacial score (nSPS) is 17.2. The van der Waals surface area contributed by atoms with Crippen LogP contribution in [0, 0.1) is 0 Å². The van der Waals surface area contributed by atoms with Crippen LogP contribution < -0.4 is 0 Å². The van der Waals surface area contributed by atoms with Crippen molar-refractivity contribution in [1.29, 1.82) is 0 Å². The van der Waals surface area contributed by atoms with Gasteiger partial charge in [-0.15, -0.1) is 0 Å². The van der Waals surface area contributed by atoms with Crippen LogP contribution >= 0.6 is 0 Å². The highest BCUT2D eigenvalue weighted by atomic mass is 19.4. The van der Waals surface area contributed by atoms with E-state index in [1.807, 2.05) is 0 Å². The van der Waals surface area contributed by atoms with Gasteiger partial charge in [0.1, 0.15) is 0 Å². The van der Waals surface area contributed by atoms with Gasteiger partial charge in [-0.25, -0.2) is 4.79 Å². The molecule has 0 radical (unpaired) electrons. The molecule has 0 aromatic carbocycles. The van der Waals surface area contributed by atoms with Crippen molar-refractivity contribution in [1.82, 2.24) is 0 Å². The summed E-state index contributed by atoms with van der Waals surface area (Å²) < 4.78 is 222. The van der Waals surface area contributed by atoms with Gasteiger partial charge in [-0.3, -0.25) is 0 Å². The van der Waals surface area contributed by atoms with Gasteiger partial charge in [-0.1, -0.05) is 6.58 Å². The van der Waals surface area contributed by atoms with E-state index >= 15 is 0 Å². The first-order chi connectivity index (χ1) is 13.1. The molecule has 0 saturated carbocycles. The van der Waals surface area contributed by atoms with Gasteiger partial charge in [0.15, 0.2) is 0 Å². The Bertz CT molecular complexity index is 716. The third-order valence-electron chi connectivity index (χ3n) is 3.28. The number of rotatable bonds is 7. The first-order valence-corrected chi connectivity index (χ1v) is 6.68. The highest BCUT2D eigenvalue weighted by molar-refractivity contribution is 5.87. The van der Waals surface area contributed by atoms with Crippen LogP contribution in [0.4, 0.5) is 74.6 Å². The fraction of sp³-hybridized carbons (Fsp3) is 0.750. The molecule has 1 atom stereocenters. The molecule has 0 aromatic heterocycles. The van der Waals surface area contributed by atoms with E-state index in [4.69, 9.17) is 0 Å². The molecule has 0 aliphatic carbocycles. The van der Waals surface area contributed by atoms with E-state index in [2.05, 4.69) is 11.3 Å². The average molecular weight is 504 g/mol. The molecular weight excluding hydrogens is 499 g/mol. The van der Waals surface area contributed by atoms with Gasteiger partial charge in [0.25, 0.3) is 0 Å². The highest BCUT2D eigenvalue weighted by Gasteiger charge is 2.96. The SMILES string of the molecule is C=C(C)C(=O)OC(F)(C(F)(F)C(F)(F)C(F)(F)F)C(F)(F)C(F)(F)C(F)(F)C(F)(F)F. The zero-order valence-electron chi connectivity index (χ0n) is 13.9. The minimum Gasteiger partial charge on any atom is -0.413 e. The maximum atomic E-state index is 14.3. The summed E-state index contributed by atoms with van der Waals surface area (Å²) in [5, 5.41) is 0. The van der Waals surface area contributed by atoms with Crippen molar-refractivity contribution in [3.63, 3.8) is 0 Å². The lowest BCUT2D eigenvalue weighted by atomic mass is 9.89. The lowest BCUT2D eigenvalue weighted by Gasteiger charge is -2.44. The van der Waals surface area contributed by atoms with Crippen molar-refractivity contribution >= 4 is 5.97 Å². The van der Waals surface area contributed by atoms with Gasteiger partial charge in [0.2, 0.25) is 0 Å². The fourth-order valence-corrected chi connectivity index (χ4v) is 1.50. The number of carbonyl (C=O) groups excluding carboxylic acids is 1. The minimum atomic E-state index is -8.57.